The van der Waals surface area contributed by atoms with Gasteiger partial charge in [0.25, 0.3) is 0 Å². The molecule has 0 amide bonds. The first-order valence-corrected chi connectivity index (χ1v) is 4.76. The summed E-state index contributed by atoms with van der Waals surface area (Å²) in [6.07, 6.45) is 1.94. The lowest BCUT2D eigenvalue weighted by Crippen LogP contribution is -2.13. The number of nitrogens with zero attached hydrogens (tertiary/aromatic N) is 1. The Morgan fingerprint density at radius 3 is 2.57 bits per heavy atom. The highest BCUT2D eigenvalue weighted by atomic mass is 16.4. The minimum atomic E-state index is -0.825. The molecule has 0 bridgehead atoms. The molecule has 1 N–H and O–H groups in total. The minimum Gasteiger partial charge on any atom is -0.481 e. The van der Waals surface area contributed by atoms with Crippen LogP contribution in [-0.2, 0) is 4.79 Å². The molecule has 14 heavy (non-hydrogen) atoms. The van der Waals surface area contributed by atoms with Crippen molar-refractivity contribution in [2.75, 3.05) is 0 Å². The summed E-state index contributed by atoms with van der Waals surface area (Å²) < 4.78 is 5.35. The second kappa shape index (κ2) is 3.12. The van der Waals surface area contributed by atoms with Crippen LogP contribution in [-0.4, -0.2) is 16.1 Å². The first kappa shape index (κ1) is 9.24. The van der Waals surface area contributed by atoms with Crippen LogP contribution in [0, 0.1) is 19.8 Å². The third kappa shape index (κ3) is 1.52. The van der Waals surface area contributed by atoms with Crippen molar-refractivity contribution < 1.29 is 14.3 Å². The van der Waals surface area contributed by atoms with Gasteiger partial charge >= 0.3 is 5.97 Å². The summed E-state index contributed by atoms with van der Waals surface area (Å²) in [7, 11) is 0. The quantitative estimate of drug-likeness (QED) is 0.799. The third-order valence-corrected chi connectivity index (χ3v) is 2.67. The van der Waals surface area contributed by atoms with Crippen LogP contribution < -0.4 is 0 Å². The fraction of sp³-hybridized carbons (Fsp3) is 0.600. The van der Waals surface area contributed by atoms with E-state index in [1.807, 2.05) is 6.92 Å². The summed E-state index contributed by atoms with van der Waals surface area (Å²) in [5.74, 6) is -0.0528. The number of oxazole rings is 1. The van der Waals surface area contributed by atoms with E-state index >= 15 is 0 Å². The van der Waals surface area contributed by atoms with Crippen LogP contribution in [0.5, 0.6) is 0 Å². The molecule has 0 radical (unpaired) electrons. The molecule has 1 unspecified atom stereocenters. The summed E-state index contributed by atoms with van der Waals surface area (Å²) >= 11 is 0. The number of hydrogen-bond acceptors (Lipinski definition) is 3. The normalized spacial score (nSPS) is 18.1. The molecule has 1 saturated carbocycles. The first-order valence-electron chi connectivity index (χ1n) is 4.76. The van der Waals surface area contributed by atoms with E-state index in [1.165, 1.54) is 0 Å². The van der Waals surface area contributed by atoms with Gasteiger partial charge in [0.15, 0.2) is 0 Å². The van der Waals surface area contributed by atoms with Gasteiger partial charge in [0.1, 0.15) is 11.7 Å². The molecule has 0 aromatic carbocycles. The largest absolute Gasteiger partial charge is 0.481 e. The Morgan fingerprint density at radius 1 is 1.57 bits per heavy atom. The number of aliphatic carboxylic acids is 1. The van der Waals surface area contributed by atoms with E-state index in [4.69, 9.17) is 9.52 Å². The Kier molecular flexibility index (Phi) is 2.06. The molecule has 4 nitrogen and oxygen atoms in total. The number of aromatic nitrogens is 1. The lowest BCUT2D eigenvalue weighted by molar-refractivity contribution is -0.139. The first-order chi connectivity index (χ1) is 6.59. The molecular weight excluding hydrogens is 182 g/mol. The molecule has 1 aliphatic rings. The Labute approximate surface area is 81.9 Å². The van der Waals surface area contributed by atoms with Gasteiger partial charge in [0.2, 0.25) is 5.89 Å². The minimum absolute atomic E-state index is 0.227. The number of carboxylic acids is 1. The standard InChI is InChI=1S/C10H13NO3/c1-5-6(2)14-9(11-5)8(10(12)13)7-3-4-7/h7-8H,3-4H2,1-2H3,(H,12,13). The number of rotatable bonds is 3. The summed E-state index contributed by atoms with van der Waals surface area (Å²) in [4.78, 5) is 15.1. The molecule has 1 fully saturated rings. The van der Waals surface area contributed by atoms with Gasteiger partial charge in [0, 0.05) is 0 Å². The van der Waals surface area contributed by atoms with Crippen LogP contribution in [0.3, 0.4) is 0 Å². The van der Waals surface area contributed by atoms with E-state index in [0.717, 1.165) is 18.5 Å². The maximum atomic E-state index is 11.0. The number of hydrogen-bond donors (Lipinski definition) is 1. The average Bonchev–Trinajstić information content (AvgIpc) is 2.82. The maximum Gasteiger partial charge on any atom is 0.316 e. The van der Waals surface area contributed by atoms with E-state index in [-0.39, 0.29) is 5.92 Å². The zero-order valence-corrected chi connectivity index (χ0v) is 8.28. The zero-order chi connectivity index (χ0) is 10.3. The highest BCUT2D eigenvalue weighted by Gasteiger charge is 2.40. The summed E-state index contributed by atoms with van der Waals surface area (Å²) in [6.45, 7) is 3.63. The molecule has 4 heteroatoms. The smallest absolute Gasteiger partial charge is 0.316 e. The van der Waals surface area contributed by atoms with Crippen molar-refractivity contribution in [1.82, 2.24) is 4.98 Å². The third-order valence-electron chi connectivity index (χ3n) is 2.67. The van der Waals surface area contributed by atoms with Gasteiger partial charge in [-0.1, -0.05) is 0 Å². The molecule has 2 rings (SSSR count). The molecule has 1 aliphatic carbocycles. The second-order valence-corrected chi connectivity index (χ2v) is 3.85. The van der Waals surface area contributed by atoms with E-state index in [9.17, 15) is 4.79 Å². The summed E-state index contributed by atoms with van der Waals surface area (Å²) in [5, 5.41) is 9.04. The van der Waals surface area contributed by atoms with Crippen LogP contribution in [0.4, 0.5) is 0 Å². The molecule has 1 aromatic rings. The fourth-order valence-corrected chi connectivity index (χ4v) is 1.57. The van der Waals surface area contributed by atoms with Crippen molar-refractivity contribution in [3.05, 3.63) is 17.3 Å². The number of carboxylic acid groups (broad SMARTS) is 1. The molecule has 0 aliphatic heterocycles. The van der Waals surface area contributed by atoms with Gasteiger partial charge in [-0.3, -0.25) is 4.79 Å². The summed E-state index contributed by atoms with van der Waals surface area (Å²) in [6, 6.07) is 0. The molecule has 1 aromatic heterocycles. The van der Waals surface area contributed by atoms with Crippen molar-refractivity contribution >= 4 is 5.97 Å². The Morgan fingerprint density at radius 2 is 2.21 bits per heavy atom. The van der Waals surface area contributed by atoms with Gasteiger partial charge in [-0.15, -0.1) is 0 Å². The van der Waals surface area contributed by atoms with Crippen LogP contribution >= 0.6 is 0 Å². The molecule has 76 valence electrons. The lowest BCUT2D eigenvalue weighted by Gasteiger charge is -2.05. The van der Waals surface area contributed by atoms with E-state index in [2.05, 4.69) is 4.98 Å². The molecule has 0 spiro atoms. The van der Waals surface area contributed by atoms with Crippen molar-refractivity contribution in [2.45, 2.75) is 32.6 Å². The molecular formula is C10H13NO3. The van der Waals surface area contributed by atoms with Crippen molar-refractivity contribution in [1.29, 1.82) is 0 Å². The van der Waals surface area contributed by atoms with Crippen molar-refractivity contribution in [3.63, 3.8) is 0 Å². The van der Waals surface area contributed by atoms with Crippen LogP contribution in [0.15, 0.2) is 4.42 Å². The van der Waals surface area contributed by atoms with Crippen LogP contribution in [0.1, 0.15) is 36.1 Å². The van der Waals surface area contributed by atoms with Crippen LogP contribution in [0.2, 0.25) is 0 Å². The SMILES string of the molecule is Cc1nc(C(C(=O)O)C2CC2)oc1C. The molecule has 0 saturated heterocycles. The average molecular weight is 195 g/mol. The number of aryl methyl sites for hydroxylation is 2. The second-order valence-electron chi connectivity index (χ2n) is 3.85. The molecule has 1 heterocycles. The van der Waals surface area contributed by atoms with Crippen molar-refractivity contribution in [3.8, 4) is 0 Å². The topological polar surface area (TPSA) is 63.3 Å². The van der Waals surface area contributed by atoms with Crippen LogP contribution in [0.25, 0.3) is 0 Å². The Bertz CT molecular complexity index is 346. The number of carbonyl (C=O) groups is 1. The van der Waals surface area contributed by atoms with Crippen molar-refractivity contribution in [2.24, 2.45) is 5.92 Å². The van der Waals surface area contributed by atoms with Gasteiger partial charge < -0.3 is 9.52 Å². The highest BCUT2D eigenvalue weighted by molar-refractivity contribution is 5.75. The monoisotopic (exact) mass is 195 g/mol. The zero-order valence-electron chi connectivity index (χ0n) is 8.28. The fourth-order valence-electron chi connectivity index (χ4n) is 1.57. The van der Waals surface area contributed by atoms with Gasteiger partial charge in [0.05, 0.1) is 5.69 Å². The Balaban J connectivity index is 2.30. The van der Waals surface area contributed by atoms with E-state index in [1.54, 1.807) is 6.92 Å². The van der Waals surface area contributed by atoms with E-state index < -0.39 is 11.9 Å². The van der Waals surface area contributed by atoms with E-state index in [0.29, 0.717) is 11.7 Å². The maximum absolute atomic E-state index is 11.0. The van der Waals surface area contributed by atoms with Gasteiger partial charge in [-0.2, -0.15) is 0 Å². The lowest BCUT2D eigenvalue weighted by atomic mass is 10.0. The molecule has 1 atom stereocenters. The van der Waals surface area contributed by atoms with Gasteiger partial charge in [-0.25, -0.2) is 4.98 Å². The van der Waals surface area contributed by atoms with Gasteiger partial charge in [-0.05, 0) is 32.6 Å². The highest BCUT2D eigenvalue weighted by Crippen LogP contribution is 2.42. The predicted molar refractivity (Wildman–Crippen MR) is 49.1 cm³/mol. The summed E-state index contributed by atoms with van der Waals surface area (Å²) in [5.41, 5.74) is 0.784. The predicted octanol–water partition coefficient (Wildman–Crippen LogP) is 1.87. The Hall–Kier alpha value is -1.32.